The Kier molecular flexibility index (Phi) is 1.92. The molecule has 66 valence electrons. The summed E-state index contributed by atoms with van der Waals surface area (Å²) in [6.45, 7) is 0. The second-order valence-corrected chi connectivity index (χ2v) is 3.17. The van der Waals surface area contributed by atoms with Crippen molar-refractivity contribution in [3.63, 3.8) is 0 Å². The molecule has 0 aromatic carbocycles. The normalized spacial score (nSPS) is 10.6. The molecule has 0 saturated carbocycles. The summed E-state index contributed by atoms with van der Waals surface area (Å²) in [5.74, 6) is 0. The van der Waals surface area contributed by atoms with Gasteiger partial charge in [-0.1, -0.05) is 0 Å². The van der Waals surface area contributed by atoms with Crippen LogP contribution in [-0.2, 0) is 14.1 Å². The van der Waals surface area contributed by atoms with Gasteiger partial charge in [-0.3, -0.25) is 0 Å². The first-order chi connectivity index (χ1) is 6.24. The van der Waals surface area contributed by atoms with E-state index in [0.717, 1.165) is 0 Å². The Bertz CT molecular complexity index is 365. The van der Waals surface area contributed by atoms with E-state index in [0.29, 0.717) is 0 Å². The highest BCUT2D eigenvalue weighted by Crippen LogP contribution is 1.75. The van der Waals surface area contributed by atoms with Crippen LogP contribution in [0.4, 0.5) is 0 Å². The quantitative estimate of drug-likeness (QED) is 0.514. The molecule has 0 spiro atoms. The standard InChI is InChI=1S/C8H12BN4/c1-10-3-5-12(7-10)9-13-6-4-11(2)8-13/h3-8H,1-2H3/q+1. The predicted molar refractivity (Wildman–Crippen MR) is 47.8 cm³/mol. The molecule has 0 fully saturated rings. The Balaban J connectivity index is 2.14. The lowest BCUT2D eigenvalue weighted by Crippen LogP contribution is -2.57. The van der Waals surface area contributed by atoms with Crippen molar-refractivity contribution in [1.82, 2.24) is 9.13 Å². The average molecular weight is 175 g/mol. The van der Waals surface area contributed by atoms with E-state index in [9.17, 15) is 0 Å². The molecule has 2 rings (SSSR count). The fourth-order valence-corrected chi connectivity index (χ4v) is 1.23. The van der Waals surface area contributed by atoms with Crippen LogP contribution in [0.2, 0.25) is 0 Å². The third-order valence-electron chi connectivity index (χ3n) is 1.85. The summed E-state index contributed by atoms with van der Waals surface area (Å²) >= 11 is 0. The van der Waals surface area contributed by atoms with Gasteiger partial charge in [-0.25, -0.2) is 9.13 Å². The van der Waals surface area contributed by atoms with Crippen molar-refractivity contribution in [1.29, 1.82) is 0 Å². The zero-order chi connectivity index (χ0) is 9.26. The summed E-state index contributed by atoms with van der Waals surface area (Å²) in [4.78, 5) is 0. The molecule has 2 heterocycles. The van der Waals surface area contributed by atoms with Crippen LogP contribution in [0.15, 0.2) is 37.4 Å². The summed E-state index contributed by atoms with van der Waals surface area (Å²) < 4.78 is 8.00. The number of hydrogen-bond donors (Lipinski definition) is 0. The Morgan fingerprint density at radius 1 is 0.923 bits per heavy atom. The molecule has 5 heteroatoms. The van der Waals surface area contributed by atoms with Gasteiger partial charge in [-0.15, -0.1) is 0 Å². The van der Waals surface area contributed by atoms with Gasteiger partial charge in [0, 0.05) is 0 Å². The van der Waals surface area contributed by atoms with Crippen molar-refractivity contribution in [2.75, 3.05) is 0 Å². The Hall–Kier alpha value is -1.52. The third-order valence-corrected chi connectivity index (χ3v) is 1.85. The highest BCUT2D eigenvalue weighted by molar-refractivity contribution is 6.11. The number of rotatable bonds is 2. The van der Waals surface area contributed by atoms with Crippen LogP contribution in [0.1, 0.15) is 0 Å². The number of aromatic nitrogens is 4. The molecule has 0 N–H and O–H groups in total. The van der Waals surface area contributed by atoms with Gasteiger partial charge in [0.15, 0.2) is 12.7 Å². The minimum absolute atomic E-state index is 2.00. The SMILES string of the molecule is Cn1cc[n+]([B-][n+]2ccn(C)c2)c1. The first-order valence-electron chi connectivity index (χ1n) is 4.14. The zero-order valence-corrected chi connectivity index (χ0v) is 7.83. The number of hydrogen-bond acceptors (Lipinski definition) is 0. The molecule has 0 atom stereocenters. The van der Waals surface area contributed by atoms with Crippen LogP contribution < -0.4 is 8.96 Å². The molecule has 0 amide bonds. The molecule has 0 unspecified atom stereocenters. The second kappa shape index (κ2) is 3.09. The maximum absolute atomic E-state index is 2.00. The highest BCUT2D eigenvalue weighted by Gasteiger charge is 1.96. The molecule has 0 aliphatic rings. The summed E-state index contributed by atoms with van der Waals surface area (Å²) in [5.41, 5.74) is 0. The molecule has 2 aromatic rings. The van der Waals surface area contributed by atoms with Crippen molar-refractivity contribution in [3.05, 3.63) is 37.4 Å². The number of imidazole rings is 2. The average Bonchev–Trinajstić information content (AvgIpc) is 2.62. The van der Waals surface area contributed by atoms with Crippen molar-refractivity contribution >= 4 is 7.55 Å². The predicted octanol–water partition coefficient (Wildman–Crippen LogP) is -1.13. The van der Waals surface area contributed by atoms with Gasteiger partial charge in [0.25, 0.3) is 0 Å². The number of aryl methyl sites for hydroxylation is 2. The topological polar surface area (TPSA) is 17.6 Å². The molecule has 4 nitrogen and oxygen atoms in total. The maximum atomic E-state index is 2.00. The molecular formula is C8H12BN4+. The summed E-state index contributed by atoms with van der Waals surface area (Å²) in [6, 6.07) is 0. The summed E-state index contributed by atoms with van der Waals surface area (Å²) in [6.07, 6.45) is 12.0. The molecule has 2 aromatic heterocycles. The van der Waals surface area contributed by atoms with E-state index >= 15 is 0 Å². The zero-order valence-electron chi connectivity index (χ0n) is 7.83. The Labute approximate surface area is 77.9 Å². The van der Waals surface area contributed by atoms with Gasteiger partial charge < -0.3 is 8.96 Å². The minimum Gasteiger partial charge on any atom is -0.441 e. The van der Waals surface area contributed by atoms with Crippen LogP contribution >= 0.6 is 0 Å². The summed E-state index contributed by atoms with van der Waals surface area (Å²) in [5, 5.41) is 0. The molecule has 0 saturated heterocycles. The van der Waals surface area contributed by atoms with E-state index < -0.39 is 0 Å². The summed E-state index contributed by atoms with van der Waals surface area (Å²) in [7, 11) is 6.00. The second-order valence-electron chi connectivity index (χ2n) is 3.17. The molecule has 0 aliphatic carbocycles. The lowest BCUT2D eigenvalue weighted by atomic mass is 10.2. The van der Waals surface area contributed by atoms with E-state index in [1.54, 1.807) is 0 Å². The molecule has 0 aliphatic heterocycles. The first kappa shape index (κ1) is 8.10. The molecular weight excluding hydrogens is 163 g/mol. The monoisotopic (exact) mass is 175 g/mol. The molecule has 13 heavy (non-hydrogen) atoms. The van der Waals surface area contributed by atoms with Crippen molar-refractivity contribution in [3.8, 4) is 0 Å². The number of nitrogens with zero attached hydrogens (tertiary/aromatic N) is 4. The van der Waals surface area contributed by atoms with Gasteiger partial charge in [0.1, 0.15) is 12.4 Å². The smallest absolute Gasteiger partial charge is 0.222 e. The van der Waals surface area contributed by atoms with E-state index in [1.807, 2.05) is 77.2 Å². The van der Waals surface area contributed by atoms with Crippen molar-refractivity contribution in [2.45, 2.75) is 0 Å². The van der Waals surface area contributed by atoms with Gasteiger partial charge in [0.2, 0.25) is 7.55 Å². The largest absolute Gasteiger partial charge is 0.441 e. The maximum Gasteiger partial charge on any atom is 0.222 e. The van der Waals surface area contributed by atoms with E-state index in [-0.39, 0.29) is 0 Å². The van der Waals surface area contributed by atoms with Gasteiger partial charge in [-0.05, 0) is 0 Å². The van der Waals surface area contributed by atoms with E-state index in [2.05, 4.69) is 0 Å². The van der Waals surface area contributed by atoms with Gasteiger partial charge in [0.05, 0.1) is 26.5 Å². The lowest BCUT2D eigenvalue weighted by molar-refractivity contribution is -0.659. The minimum atomic E-state index is 2.00. The van der Waals surface area contributed by atoms with Crippen LogP contribution in [0.3, 0.4) is 0 Å². The van der Waals surface area contributed by atoms with Gasteiger partial charge in [-0.2, -0.15) is 0 Å². The van der Waals surface area contributed by atoms with Crippen LogP contribution in [-0.4, -0.2) is 16.7 Å². The van der Waals surface area contributed by atoms with Gasteiger partial charge >= 0.3 is 0 Å². The van der Waals surface area contributed by atoms with Crippen LogP contribution in [0.5, 0.6) is 0 Å². The Morgan fingerprint density at radius 3 is 1.69 bits per heavy atom. The van der Waals surface area contributed by atoms with Crippen LogP contribution in [0, 0.1) is 0 Å². The lowest BCUT2D eigenvalue weighted by Gasteiger charge is -2.03. The third kappa shape index (κ3) is 1.80. The van der Waals surface area contributed by atoms with Crippen LogP contribution in [0.25, 0.3) is 0 Å². The van der Waals surface area contributed by atoms with Crippen molar-refractivity contribution < 1.29 is 8.96 Å². The fourth-order valence-electron chi connectivity index (χ4n) is 1.23. The highest BCUT2D eigenvalue weighted by atomic mass is 15.1. The molecule has 2 radical (unpaired) electrons. The molecule has 0 bridgehead atoms. The van der Waals surface area contributed by atoms with E-state index in [1.165, 1.54) is 0 Å². The van der Waals surface area contributed by atoms with Crippen molar-refractivity contribution in [2.24, 2.45) is 14.1 Å². The first-order valence-corrected chi connectivity index (χ1v) is 4.14. The van der Waals surface area contributed by atoms with E-state index in [4.69, 9.17) is 0 Å². The Morgan fingerprint density at radius 2 is 1.38 bits per heavy atom. The fraction of sp³-hybridized carbons (Fsp3) is 0.250.